The fourth-order valence-corrected chi connectivity index (χ4v) is 4.75. The van der Waals surface area contributed by atoms with Crippen LogP contribution in [0.15, 0.2) is 64.9 Å². The fraction of sp³-hybridized carbons (Fsp3) is 0.238. The number of hydrogen-bond donors (Lipinski definition) is 1. The lowest BCUT2D eigenvalue weighted by Gasteiger charge is -2.16. The van der Waals surface area contributed by atoms with E-state index in [9.17, 15) is 13.2 Å². The Morgan fingerprint density at radius 1 is 1.23 bits per heavy atom. The molecule has 0 aliphatic heterocycles. The Kier molecular flexibility index (Phi) is 7.10. The lowest BCUT2D eigenvalue weighted by Crippen LogP contribution is -2.25. The summed E-state index contributed by atoms with van der Waals surface area (Å²) in [6, 6.07) is 12.0. The van der Waals surface area contributed by atoms with Crippen molar-refractivity contribution in [3.63, 3.8) is 0 Å². The van der Waals surface area contributed by atoms with Crippen LogP contribution in [0.5, 0.6) is 0 Å². The second-order valence-corrected chi connectivity index (χ2v) is 11.0. The van der Waals surface area contributed by atoms with E-state index in [1.165, 1.54) is 38.0 Å². The zero-order chi connectivity index (χ0) is 22.8. The number of aryl methyl sites for hydroxylation is 1. The maximum absolute atomic E-state index is 12.8. The Bertz CT molecular complexity index is 1210. The van der Waals surface area contributed by atoms with E-state index in [-0.39, 0.29) is 10.8 Å². The van der Waals surface area contributed by atoms with Crippen LogP contribution in [0.2, 0.25) is 5.02 Å². The zero-order valence-corrected chi connectivity index (χ0v) is 19.9. The summed E-state index contributed by atoms with van der Waals surface area (Å²) in [6.45, 7) is 3.58. The van der Waals surface area contributed by atoms with Crippen LogP contribution < -0.4 is 5.32 Å². The van der Waals surface area contributed by atoms with Gasteiger partial charge in [-0.1, -0.05) is 35.5 Å². The molecular formula is C21H23ClN4O3S2. The molecule has 0 spiro atoms. The first-order chi connectivity index (χ1) is 14.6. The van der Waals surface area contributed by atoms with Crippen molar-refractivity contribution in [2.75, 3.05) is 19.4 Å². The first-order valence-electron chi connectivity index (χ1n) is 9.39. The Hall–Kier alpha value is -2.33. The molecule has 10 heteroatoms. The van der Waals surface area contributed by atoms with Gasteiger partial charge < -0.3 is 5.32 Å². The second-order valence-electron chi connectivity index (χ2n) is 7.07. The molecule has 1 unspecified atom stereocenters. The number of anilines is 1. The summed E-state index contributed by atoms with van der Waals surface area (Å²) in [4.78, 5) is 17.3. The molecule has 3 rings (SSSR count). The molecule has 3 aromatic rings. The van der Waals surface area contributed by atoms with Crippen molar-refractivity contribution < 1.29 is 13.2 Å². The van der Waals surface area contributed by atoms with E-state index in [0.29, 0.717) is 15.9 Å². The van der Waals surface area contributed by atoms with Gasteiger partial charge in [0.05, 0.1) is 10.1 Å². The molecule has 0 aliphatic carbocycles. The van der Waals surface area contributed by atoms with E-state index >= 15 is 0 Å². The van der Waals surface area contributed by atoms with E-state index in [1.807, 2.05) is 29.7 Å². The quantitative estimate of drug-likeness (QED) is 0.514. The van der Waals surface area contributed by atoms with Crippen molar-refractivity contribution >= 4 is 45.0 Å². The number of rotatable bonds is 7. The average Bonchev–Trinajstić information content (AvgIpc) is 3.17. The zero-order valence-electron chi connectivity index (χ0n) is 17.5. The number of halogens is 1. The summed E-state index contributed by atoms with van der Waals surface area (Å²) in [7, 11) is -0.667. The second kappa shape index (κ2) is 9.44. The van der Waals surface area contributed by atoms with E-state index < -0.39 is 15.3 Å². The van der Waals surface area contributed by atoms with Crippen LogP contribution in [-0.2, 0) is 14.8 Å². The lowest BCUT2D eigenvalue weighted by atomic mass is 10.2. The summed E-state index contributed by atoms with van der Waals surface area (Å²) < 4.78 is 27.8. The highest BCUT2D eigenvalue weighted by Crippen LogP contribution is 2.28. The van der Waals surface area contributed by atoms with E-state index in [4.69, 9.17) is 11.6 Å². The molecule has 31 heavy (non-hydrogen) atoms. The van der Waals surface area contributed by atoms with E-state index in [2.05, 4.69) is 10.3 Å². The predicted octanol–water partition coefficient (Wildman–Crippen LogP) is 4.20. The number of nitrogens with one attached hydrogen (secondary N) is 1. The first kappa shape index (κ1) is 23.3. The molecule has 1 aromatic heterocycles. The van der Waals surface area contributed by atoms with Gasteiger partial charge in [0.1, 0.15) is 0 Å². The number of thioether (sulfide) groups is 1. The largest absolute Gasteiger partial charge is 0.325 e. The average molecular weight is 479 g/mol. The third kappa shape index (κ3) is 5.30. The van der Waals surface area contributed by atoms with Crippen LogP contribution in [0.1, 0.15) is 12.5 Å². The van der Waals surface area contributed by atoms with Gasteiger partial charge in [0.25, 0.3) is 0 Å². The van der Waals surface area contributed by atoms with Crippen molar-refractivity contribution in [2.24, 2.45) is 0 Å². The van der Waals surface area contributed by atoms with Crippen LogP contribution in [0, 0.1) is 6.92 Å². The highest BCUT2D eigenvalue weighted by molar-refractivity contribution is 8.00. The Balaban J connectivity index is 1.78. The summed E-state index contributed by atoms with van der Waals surface area (Å²) in [5, 5.41) is 3.61. The number of benzene rings is 2. The van der Waals surface area contributed by atoms with Crippen molar-refractivity contribution in [3.8, 4) is 5.69 Å². The van der Waals surface area contributed by atoms with Gasteiger partial charge in [0, 0.05) is 42.9 Å². The summed E-state index contributed by atoms with van der Waals surface area (Å²) >= 11 is 7.38. The van der Waals surface area contributed by atoms with Crippen molar-refractivity contribution in [1.29, 1.82) is 0 Å². The molecule has 1 N–H and O–H groups in total. The minimum absolute atomic E-state index is 0.121. The van der Waals surface area contributed by atoms with Crippen LogP contribution in [0.4, 0.5) is 5.69 Å². The molecule has 1 atom stereocenters. The minimum Gasteiger partial charge on any atom is -0.325 e. The van der Waals surface area contributed by atoms with Crippen LogP contribution >= 0.6 is 23.4 Å². The Morgan fingerprint density at radius 3 is 2.65 bits per heavy atom. The molecule has 164 valence electrons. The van der Waals surface area contributed by atoms with Crippen LogP contribution in [0.3, 0.4) is 0 Å². The number of carbonyl (C=O) groups is 1. The van der Waals surface area contributed by atoms with Gasteiger partial charge in [-0.05, 0) is 49.7 Å². The van der Waals surface area contributed by atoms with E-state index in [1.54, 1.807) is 31.5 Å². The Labute approximate surface area is 191 Å². The van der Waals surface area contributed by atoms with Crippen LogP contribution in [0.25, 0.3) is 5.69 Å². The molecule has 2 aromatic carbocycles. The summed E-state index contributed by atoms with van der Waals surface area (Å²) in [6.07, 6.45) is 3.46. The van der Waals surface area contributed by atoms with E-state index in [0.717, 1.165) is 15.6 Å². The van der Waals surface area contributed by atoms with Gasteiger partial charge in [-0.2, -0.15) is 0 Å². The standard InChI is InChI=1S/C21H23ClN4O3S2/c1-14-8-9-18(31(28,29)25(3)4)13-19(14)24-20(27)15(2)30-21-23-10-11-26(21)17-7-5-6-16(22)12-17/h5-13,15H,1-4H3,(H,24,27). The summed E-state index contributed by atoms with van der Waals surface area (Å²) in [5.41, 5.74) is 2.07. The van der Waals surface area contributed by atoms with Gasteiger partial charge >= 0.3 is 0 Å². The van der Waals surface area contributed by atoms with Crippen molar-refractivity contribution in [1.82, 2.24) is 13.9 Å². The number of nitrogens with zero attached hydrogens (tertiary/aromatic N) is 3. The fourth-order valence-electron chi connectivity index (χ4n) is 2.75. The molecule has 0 saturated carbocycles. The lowest BCUT2D eigenvalue weighted by molar-refractivity contribution is -0.115. The highest BCUT2D eigenvalue weighted by Gasteiger charge is 2.21. The number of hydrogen-bond acceptors (Lipinski definition) is 5. The van der Waals surface area contributed by atoms with Gasteiger partial charge in [-0.25, -0.2) is 17.7 Å². The van der Waals surface area contributed by atoms with Gasteiger partial charge in [0.15, 0.2) is 5.16 Å². The molecule has 0 bridgehead atoms. The Morgan fingerprint density at radius 2 is 1.97 bits per heavy atom. The highest BCUT2D eigenvalue weighted by atomic mass is 35.5. The third-order valence-corrected chi connectivity index (χ3v) is 7.72. The van der Waals surface area contributed by atoms with Crippen molar-refractivity contribution in [3.05, 3.63) is 65.4 Å². The third-order valence-electron chi connectivity index (χ3n) is 4.59. The molecule has 0 fully saturated rings. The van der Waals surface area contributed by atoms with Gasteiger partial charge in [-0.3, -0.25) is 9.36 Å². The SMILES string of the molecule is Cc1ccc(S(=O)(=O)N(C)C)cc1NC(=O)C(C)Sc1nccn1-c1cccc(Cl)c1. The maximum Gasteiger partial charge on any atom is 0.242 e. The summed E-state index contributed by atoms with van der Waals surface area (Å²) in [5.74, 6) is -0.256. The topological polar surface area (TPSA) is 84.3 Å². The monoisotopic (exact) mass is 478 g/mol. The molecule has 7 nitrogen and oxygen atoms in total. The number of sulfonamides is 1. The van der Waals surface area contributed by atoms with Crippen LogP contribution in [-0.4, -0.2) is 47.5 Å². The number of carbonyl (C=O) groups excluding carboxylic acids is 1. The predicted molar refractivity (Wildman–Crippen MR) is 125 cm³/mol. The number of amides is 1. The smallest absolute Gasteiger partial charge is 0.242 e. The normalized spacial score (nSPS) is 12.7. The first-order valence-corrected chi connectivity index (χ1v) is 12.1. The molecule has 0 radical (unpaired) electrons. The minimum atomic E-state index is -3.60. The van der Waals surface area contributed by atoms with Crippen molar-refractivity contribution in [2.45, 2.75) is 29.1 Å². The van der Waals surface area contributed by atoms with Gasteiger partial charge in [0.2, 0.25) is 15.9 Å². The maximum atomic E-state index is 12.8. The molecule has 0 aliphatic rings. The number of imidazole rings is 1. The molecular weight excluding hydrogens is 456 g/mol. The molecule has 1 amide bonds. The van der Waals surface area contributed by atoms with Gasteiger partial charge in [-0.15, -0.1) is 0 Å². The molecule has 1 heterocycles. The number of aromatic nitrogens is 2. The molecule has 0 saturated heterocycles.